The Morgan fingerprint density at radius 1 is 0.535 bits per heavy atom. The van der Waals surface area contributed by atoms with Crippen molar-refractivity contribution in [3.8, 4) is 11.1 Å². The van der Waals surface area contributed by atoms with Gasteiger partial charge in [-0.2, -0.15) is 0 Å². The van der Waals surface area contributed by atoms with E-state index in [9.17, 15) is 0 Å². The zero-order valence-corrected chi connectivity index (χ0v) is 30.1. The number of hydrogen-bond acceptors (Lipinski definition) is 0. The van der Waals surface area contributed by atoms with Crippen molar-refractivity contribution in [2.45, 2.75) is 51.6 Å². The standard InChI is InChI=1S/C14H23.C13H9.C13H10.2ClH.Zr/c1-9(2)12-7-8-13(10(3)4)14(12)11(5)6;1-3-7-12-10(5-1)9-11-6-2-4-8-13(11)12;1-3-7-12(8-4-1)11-13-9-5-2-6-10-13;;;/h9-11H,7H2,1-6H3;1-9H;1-10H;2*1H;/q;;;;;+2/p-2. The number of rotatable bonds is 7. The SMILES string of the molecule is CC(C)C1=C(C(C)C)C(C(C)C)=[C]([Zr+2](=[C](c2ccccc2)c2ccccc2)[CH]2c3ccccc3-c3ccccc32)C1.[Cl-].[Cl-]. The van der Waals surface area contributed by atoms with Crippen LogP contribution in [-0.2, 0) is 21.3 Å². The van der Waals surface area contributed by atoms with Gasteiger partial charge >= 0.3 is 256 Å². The molecule has 0 amide bonds. The van der Waals surface area contributed by atoms with Crippen molar-refractivity contribution < 1.29 is 46.1 Å². The minimum absolute atomic E-state index is 0. The monoisotopic (exact) mass is 682 g/mol. The summed E-state index contributed by atoms with van der Waals surface area (Å²) in [5.41, 5.74) is 13.9. The maximum Gasteiger partial charge on any atom is -1.00 e. The van der Waals surface area contributed by atoms with E-state index < -0.39 is 21.3 Å². The fourth-order valence-corrected chi connectivity index (χ4v) is 17.5. The Hall–Kier alpha value is -2.31. The van der Waals surface area contributed by atoms with E-state index >= 15 is 0 Å². The largest absolute Gasteiger partial charge is 1.00 e. The summed E-state index contributed by atoms with van der Waals surface area (Å²) in [5.74, 6) is 1.60. The summed E-state index contributed by atoms with van der Waals surface area (Å²) in [4.78, 5) is 0. The first-order valence-electron chi connectivity index (χ1n) is 15.4. The number of halogens is 2. The van der Waals surface area contributed by atoms with Crippen molar-refractivity contribution >= 4 is 3.21 Å². The van der Waals surface area contributed by atoms with E-state index in [2.05, 4.69) is 151 Å². The Bertz CT molecular complexity index is 1590. The Balaban J connectivity index is 0.00000212. The van der Waals surface area contributed by atoms with Crippen LogP contribution in [0.25, 0.3) is 11.1 Å². The first-order chi connectivity index (χ1) is 19.9. The average Bonchev–Trinajstić information content (AvgIpc) is 3.55. The Morgan fingerprint density at radius 2 is 0.953 bits per heavy atom. The van der Waals surface area contributed by atoms with Crippen LogP contribution in [0.2, 0.25) is 0 Å². The maximum absolute atomic E-state index is 2.78. The van der Waals surface area contributed by atoms with Gasteiger partial charge in [-0.1, -0.05) is 0 Å². The molecule has 0 saturated heterocycles. The molecule has 4 aromatic carbocycles. The van der Waals surface area contributed by atoms with E-state index in [0.717, 1.165) is 6.42 Å². The third kappa shape index (κ3) is 6.16. The minimum Gasteiger partial charge on any atom is -1.00 e. The molecule has 3 heteroatoms. The van der Waals surface area contributed by atoms with Crippen molar-refractivity contribution in [1.29, 1.82) is 0 Å². The maximum atomic E-state index is 2.45. The molecule has 0 heterocycles. The van der Waals surface area contributed by atoms with Gasteiger partial charge in [0.15, 0.2) is 0 Å². The summed E-state index contributed by atoms with van der Waals surface area (Å²) in [5, 5.41) is 0. The van der Waals surface area contributed by atoms with Gasteiger partial charge in [-0.3, -0.25) is 0 Å². The van der Waals surface area contributed by atoms with Crippen LogP contribution in [0.1, 0.15) is 73.8 Å². The van der Waals surface area contributed by atoms with Crippen LogP contribution in [0.4, 0.5) is 0 Å². The van der Waals surface area contributed by atoms with Crippen LogP contribution < -0.4 is 24.8 Å². The fraction of sp³-hybridized carbons (Fsp3) is 0.275. The molecule has 0 atom stereocenters. The van der Waals surface area contributed by atoms with Crippen LogP contribution in [0, 0.1) is 17.8 Å². The molecule has 0 N–H and O–H groups in total. The van der Waals surface area contributed by atoms with Gasteiger partial charge < -0.3 is 24.8 Å². The molecule has 0 nitrogen and oxygen atoms in total. The summed E-state index contributed by atoms with van der Waals surface area (Å²) in [7, 11) is 0. The molecular formula is C40H42Cl2Zr. The van der Waals surface area contributed by atoms with Crippen molar-refractivity contribution in [3.63, 3.8) is 0 Å². The normalized spacial score (nSPS) is 14.0. The predicted molar refractivity (Wildman–Crippen MR) is 173 cm³/mol. The zero-order chi connectivity index (χ0) is 28.7. The number of allylic oxidation sites excluding steroid dienone is 4. The third-order valence-electron chi connectivity index (χ3n) is 9.02. The van der Waals surface area contributed by atoms with E-state index in [1.54, 1.807) is 31.1 Å². The molecule has 4 aromatic rings. The first-order valence-corrected chi connectivity index (χ1v) is 19.3. The first kappa shape index (κ1) is 33.6. The van der Waals surface area contributed by atoms with Gasteiger partial charge in [0.05, 0.1) is 0 Å². The Kier molecular flexibility index (Phi) is 11.1. The van der Waals surface area contributed by atoms with Crippen LogP contribution in [-0.4, -0.2) is 3.21 Å². The average molecular weight is 685 g/mol. The topological polar surface area (TPSA) is 0 Å². The Labute approximate surface area is 279 Å². The predicted octanol–water partition coefficient (Wildman–Crippen LogP) is 4.57. The summed E-state index contributed by atoms with van der Waals surface area (Å²) in [6.45, 7) is 14.6. The quantitative estimate of drug-likeness (QED) is 0.268. The third-order valence-corrected chi connectivity index (χ3v) is 17.4. The molecule has 0 aliphatic heterocycles. The minimum atomic E-state index is -2.78. The van der Waals surface area contributed by atoms with Gasteiger partial charge in [0.25, 0.3) is 0 Å². The van der Waals surface area contributed by atoms with Crippen LogP contribution in [0.15, 0.2) is 129 Å². The molecule has 6 rings (SSSR count). The number of fused-ring (bicyclic) bond motifs is 3. The molecule has 2 aliphatic carbocycles. The summed E-state index contributed by atoms with van der Waals surface area (Å²) < 4.78 is 3.92. The number of benzene rings is 4. The molecule has 0 saturated carbocycles. The summed E-state index contributed by atoms with van der Waals surface area (Å²) >= 11 is -2.78. The summed E-state index contributed by atoms with van der Waals surface area (Å²) in [6, 6.07) is 41.4. The molecule has 0 unspecified atom stereocenters. The van der Waals surface area contributed by atoms with Crippen molar-refractivity contribution in [3.05, 3.63) is 151 Å². The van der Waals surface area contributed by atoms with Crippen LogP contribution in [0.5, 0.6) is 0 Å². The van der Waals surface area contributed by atoms with Crippen molar-refractivity contribution in [1.82, 2.24) is 0 Å². The van der Waals surface area contributed by atoms with E-state index in [1.807, 2.05) is 3.28 Å². The molecule has 220 valence electrons. The molecule has 0 fully saturated rings. The van der Waals surface area contributed by atoms with Gasteiger partial charge in [0.1, 0.15) is 0 Å². The molecular weight excluding hydrogens is 643 g/mol. The van der Waals surface area contributed by atoms with Gasteiger partial charge in [-0.25, -0.2) is 0 Å². The second kappa shape index (κ2) is 14.2. The molecule has 0 spiro atoms. The van der Waals surface area contributed by atoms with E-state index in [-0.39, 0.29) is 24.8 Å². The van der Waals surface area contributed by atoms with E-state index in [4.69, 9.17) is 0 Å². The van der Waals surface area contributed by atoms with Gasteiger partial charge in [-0.15, -0.1) is 0 Å². The van der Waals surface area contributed by atoms with Crippen LogP contribution in [0.3, 0.4) is 0 Å². The fourth-order valence-electron chi connectivity index (χ4n) is 7.44. The zero-order valence-electron chi connectivity index (χ0n) is 26.2. The summed E-state index contributed by atoms with van der Waals surface area (Å²) in [6.07, 6.45) is 1.15. The molecule has 2 aliphatic rings. The van der Waals surface area contributed by atoms with E-state index in [1.165, 1.54) is 22.3 Å². The van der Waals surface area contributed by atoms with Gasteiger partial charge in [0, 0.05) is 0 Å². The van der Waals surface area contributed by atoms with Crippen molar-refractivity contribution in [2.24, 2.45) is 17.8 Å². The number of hydrogen-bond donors (Lipinski definition) is 0. The smallest absolute Gasteiger partial charge is 1.00 e. The molecule has 0 aromatic heterocycles. The Morgan fingerprint density at radius 3 is 1.37 bits per heavy atom. The second-order valence-corrected chi connectivity index (χ2v) is 18.8. The van der Waals surface area contributed by atoms with Gasteiger partial charge in [-0.05, 0) is 0 Å². The second-order valence-electron chi connectivity index (χ2n) is 12.6. The van der Waals surface area contributed by atoms with Crippen molar-refractivity contribution in [2.75, 3.05) is 0 Å². The van der Waals surface area contributed by atoms with E-state index in [0.29, 0.717) is 21.4 Å². The van der Waals surface area contributed by atoms with Crippen LogP contribution >= 0.6 is 0 Å². The van der Waals surface area contributed by atoms with Gasteiger partial charge in [0.2, 0.25) is 0 Å². The molecule has 0 radical (unpaired) electrons. The molecule has 43 heavy (non-hydrogen) atoms. The molecule has 0 bridgehead atoms.